The molecule has 0 spiro atoms. The first-order chi connectivity index (χ1) is 12.8. The summed E-state index contributed by atoms with van der Waals surface area (Å²) in [6.07, 6.45) is 0.268. The third-order valence-corrected chi connectivity index (χ3v) is 4.25. The summed E-state index contributed by atoms with van der Waals surface area (Å²) in [5, 5.41) is 0. The lowest BCUT2D eigenvalue weighted by molar-refractivity contribution is -0.130. The van der Waals surface area contributed by atoms with Gasteiger partial charge in [0.2, 0.25) is 5.91 Å². The number of alkyl halides is 2. The van der Waals surface area contributed by atoms with Gasteiger partial charge in [-0.15, -0.1) is 0 Å². The van der Waals surface area contributed by atoms with Crippen molar-refractivity contribution in [2.45, 2.75) is 39.8 Å². The van der Waals surface area contributed by atoms with E-state index >= 15 is 0 Å². The van der Waals surface area contributed by atoms with Gasteiger partial charge in [-0.25, -0.2) is 0 Å². The molecular weight excluding hydrogens is 352 g/mol. The summed E-state index contributed by atoms with van der Waals surface area (Å²) in [6.45, 7) is 1.26. The Morgan fingerprint density at radius 3 is 2.33 bits per heavy atom. The average molecular weight is 375 g/mol. The van der Waals surface area contributed by atoms with Crippen molar-refractivity contribution in [3.8, 4) is 5.75 Å². The highest BCUT2D eigenvalue weighted by Crippen LogP contribution is 2.17. The van der Waals surface area contributed by atoms with Gasteiger partial charge < -0.3 is 9.64 Å². The molecule has 0 radical (unpaired) electrons. The van der Waals surface area contributed by atoms with Crippen molar-refractivity contribution >= 4 is 11.7 Å². The van der Waals surface area contributed by atoms with E-state index in [4.69, 9.17) is 0 Å². The topological polar surface area (TPSA) is 46.6 Å². The van der Waals surface area contributed by atoms with Crippen molar-refractivity contribution in [3.05, 3.63) is 64.7 Å². The minimum atomic E-state index is -2.87. The van der Waals surface area contributed by atoms with Crippen LogP contribution in [0.15, 0.2) is 42.5 Å². The molecule has 0 bridgehead atoms. The predicted molar refractivity (Wildman–Crippen MR) is 99.0 cm³/mol. The fourth-order valence-corrected chi connectivity index (χ4v) is 2.72. The zero-order valence-electron chi connectivity index (χ0n) is 15.7. The number of nitrogens with zero attached hydrogens (tertiary/aromatic N) is 1. The number of hydrogen-bond acceptors (Lipinski definition) is 3. The summed E-state index contributed by atoms with van der Waals surface area (Å²) in [7, 11) is 1.65. The predicted octanol–water partition coefficient (Wildman–Crippen LogP) is 4.53. The summed E-state index contributed by atoms with van der Waals surface area (Å²) in [5.74, 6) is -0.130. The van der Waals surface area contributed by atoms with Crippen LogP contribution in [0.25, 0.3) is 0 Å². The van der Waals surface area contributed by atoms with Gasteiger partial charge in [0.15, 0.2) is 5.78 Å². The minimum Gasteiger partial charge on any atom is -0.435 e. The van der Waals surface area contributed by atoms with Crippen LogP contribution in [-0.4, -0.2) is 30.2 Å². The monoisotopic (exact) mass is 375 g/mol. The Kier molecular flexibility index (Phi) is 7.05. The summed E-state index contributed by atoms with van der Waals surface area (Å²) < 4.78 is 28.6. The third kappa shape index (κ3) is 6.16. The lowest BCUT2D eigenvalue weighted by atomic mass is 9.99. The Hall–Kier alpha value is -2.76. The van der Waals surface area contributed by atoms with E-state index in [0.717, 1.165) is 16.7 Å². The van der Waals surface area contributed by atoms with Crippen molar-refractivity contribution in [1.29, 1.82) is 0 Å². The highest BCUT2D eigenvalue weighted by atomic mass is 19.3. The van der Waals surface area contributed by atoms with Gasteiger partial charge in [-0.05, 0) is 43.2 Å². The molecule has 27 heavy (non-hydrogen) atoms. The maximum absolute atomic E-state index is 12.4. The number of benzene rings is 2. The average Bonchev–Trinajstić information content (AvgIpc) is 2.62. The third-order valence-electron chi connectivity index (χ3n) is 4.25. The molecular formula is C21H23F2NO3. The van der Waals surface area contributed by atoms with Gasteiger partial charge in [0.05, 0.1) is 0 Å². The number of ether oxygens (including phenoxy) is 1. The minimum absolute atomic E-state index is 0.0496. The van der Waals surface area contributed by atoms with Crippen LogP contribution >= 0.6 is 0 Å². The SMILES string of the molecule is Cc1ccc(C)c(C(=O)CCC(=O)N(C)Cc2ccc(OC(F)F)cc2)c1. The van der Waals surface area contributed by atoms with E-state index in [1.165, 1.54) is 17.0 Å². The molecule has 0 saturated carbocycles. The second-order valence-corrected chi connectivity index (χ2v) is 6.51. The van der Waals surface area contributed by atoms with Gasteiger partial charge in [0, 0.05) is 32.0 Å². The second kappa shape index (κ2) is 9.26. The van der Waals surface area contributed by atoms with E-state index in [2.05, 4.69) is 4.74 Å². The van der Waals surface area contributed by atoms with E-state index in [1.54, 1.807) is 19.2 Å². The number of amides is 1. The Morgan fingerprint density at radius 2 is 1.70 bits per heavy atom. The normalized spacial score (nSPS) is 10.7. The molecule has 0 N–H and O–H groups in total. The molecule has 2 aromatic carbocycles. The van der Waals surface area contributed by atoms with Crippen LogP contribution in [-0.2, 0) is 11.3 Å². The number of hydrogen-bond donors (Lipinski definition) is 0. The molecule has 4 nitrogen and oxygen atoms in total. The van der Waals surface area contributed by atoms with Crippen molar-refractivity contribution in [3.63, 3.8) is 0 Å². The van der Waals surface area contributed by atoms with Gasteiger partial charge >= 0.3 is 6.61 Å². The molecule has 2 aromatic rings. The first-order valence-electron chi connectivity index (χ1n) is 8.64. The zero-order valence-corrected chi connectivity index (χ0v) is 15.7. The van der Waals surface area contributed by atoms with Crippen molar-refractivity contribution in [2.75, 3.05) is 7.05 Å². The molecule has 0 aliphatic rings. The molecule has 6 heteroatoms. The van der Waals surface area contributed by atoms with Crippen LogP contribution in [0.1, 0.15) is 39.9 Å². The van der Waals surface area contributed by atoms with E-state index in [-0.39, 0.29) is 30.3 Å². The highest BCUT2D eigenvalue weighted by molar-refractivity contribution is 5.99. The standard InChI is InChI=1S/C21H23F2NO3/c1-14-4-5-15(2)18(12-14)19(25)10-11-20(26)24(3)13-16-6-8-17(9-7-16)27-21(22)23/h4-9,12,21H,10-11,13H2,1-3H3. The van der Waals surface area contributed by atoms with Crippen LogP contribution in [0.2, 0.25) is 0 Å². The second-order valence-electron chi connectivity index (χ2n) is 6.51. The van der Waals surface area contributed by atoms with Gasteiger partial charge in [-0.3, -0.25) is 9.59 Å². The molecule has 144 valence electrons. The van der Waals surface area contributed by atoms with Crippen molar-refractivity contribution in [2.24, 2.45) is 0 Å². The fraction of sp³-hybridized carbons (Fsp3) is 0.333. The molecule has 0 aliphatic carbocycles. The fourth-order valence-electron chi connectivity index (χ4n) is 2.72. The number of Topliss-reactive ketones (excluding diaryl/α,β-unsaturated/α-hetero) is 1. The number of ketones is 1. The van der Waals surface area contributed by atoms with Crippen LogP contribution in [0.3, 0.4) is 0 Å². The summed E-state index contributed by atoms with van der Waals surface area (Å²) in [6, 6.07) is 11.8. The van der Waals surface area contributed by atoms with Gasteiger partial charge in [0.1, 0.15) is 5.75 Å². The quantitative estimate of drug-likeness (QED) is 0.637. The lowest BCUT2D eigenvalue weighted by Gasteiger charge is -2.17. The van der Waals surface area contributed by atoms with Crippen LogP contribution in [0.4, 0.5) is 8.78 Å². The van der Waals surface area contributed by atoms with Crippen LogP contribution in [0.5, 0.6) is 5.75 Å². The Labute approximate surface area is 157 Å². The molecule has 0 fully saturated rings. The smallest absolute Gasteiger partial charge is 0.387 e. The zero-order chi connectivity index (χ0) is 20.0. The summed E-state index contributed by atoms with van der Waals surface area (Å²) in [5.41, 5.74) is 3.34. The maximum atomic E-state index is 12.4. The van der Waals surface area contributed by atoms with E-state index in [0.29, 0.717) is 12.1 Å². The molecule has 0 aliphatic heterocycles. The number of aryl methyl sites for hydroxylation is 2. The first-order valence-corrected chi connectivity index (χ1v) is 8.64. The van der Waals surface area contributed by atoms with Crippen molar-refractivity contribution < 1.29 is 23.1 Å². The number of rotatable bonds is 8. The molecule has 2 rings (SSSR count). The Bertz CT molecular complexity index is 804. The lowest BCUT2D eigenvalue weighted by Crippen LogP contribution is -2.26. The highest BCUT2D eigenvalue weighted by Gasteiger charge is 2.15. The summed E-state index contributed by atoms with van der Waals surface area (Å²) >= 11 is 0. The van der Waals surface area contributed by atoms with Gasteiger partial charge in [-0.1, -0.05) is 29.8 Å². The van der Waals surface area contributed by atoms with Gasteiger partial charge in [-0.2, -0.15) is 8.78 Å². The first kappa shape index (κ1) is 20.6. The Balaban J connectivity index is 1.88. The Morgan fingerprint density at radius 1 is 1.04 bits per heavy atom. The molecule has 0 heterocycles. The van der Waals surface area contributed by atoms with E-state index in [9.17, 15) is 18.4 Å². The number of carbonyl (C=O) groups excluding carboxylic acids is 2. The van der Waals surface area contributed by atoms with Crippen molar-refractivity contribution in [1.82, 2.24) is 4.90 Å². The molecule has 0 atom stereocenters. The molecule has 0 aromatic heterocycles. The van der Waals surface area contributed by atoms with Crippen LogP contribution in [0, 0.1) is 13.8 Å². The molecule has 0 saturated heterocycles. The summed E-state index contributed by atoms with van der Waals surface area (Å²) in [4.78, 5) is 26.2. The largest absolute Gasteiger partial charge is 0.435 e. The van der Waals surface area contributed by atoms with Gasteiger partial charge in [0.25, 0.3) is 0 Å². The van der Waals surface area contributed by atoms with E-state index in [1.807, 2.05) is 32.0 Å². The molecule has 1 amide bonds. The van der Waals surface area contributed by atoms with E-state index < -0.39 is 6.61 Å². The molecule has 0 unspecified atom stereocenters. The number of halogens is 2. The number of carbonyl (C=O) groups is 2. The maximum Gasteiger partial charge on any atom is 0.387 e. The van der Waals surface area contributed by atoms with Crippen LogP contribution < -0.4 is 4.74 Å².